The van der Waals surface area contributed by atoms with Crippen molar-refractivity contribution in [1.82, 2.24) is 0 Å². The number of carbonyl (C=O) groups excluding carboxylic acids is 2. The van der Waals surface area contributed by atoms with E-state index in [1.807, 2.05) is 31.2 Å². The predicted octanol–water partition coefficient (Wildman–Crippen LogP) is 6.02. The van der Waals surface area contributed by atoms with Crippen LogP contribution < -0.4 is 5.32 Å². The summed E-state index contributed by atoms with van der Waals surface area (Å²) in [6.07, 6.45) is 2.04. The molecule has 5 nitrogen and oxygen atoms in total. The van der Waals surface area contributed by atoms with E-state index < -0.39 is 11.4 Å². The topological polar surface area (TPSA) is 67.8 Å². The lowest BCUT2D eigenvalue weighted by Crippen LogP contribution is -2.43. The van der Waals surface area contributed by atoms with Crippen LogP contribution in [0.5, 0.6) is 0 Å². The minimum Gasteiger partial charge on any atom is -0.326 e. The lowest BCUT2D eigenvalue weighted by atomic mass is 9.64. The molecule has 2 atom stereocenters. The van der Waals surface area contributed by atoms with Gasteiger partial charge in [-0.25, -0.2) is 4.79 Å². The predicted molar refractivity (Wildman–Crippen MR) is 122 cm³/mol. The van der Waals surface area contributed by atoms with Gasteiger partial charge in [0, 0.05) is 17.5 Å². The Hall–Kier alpha value is -2.66. The van der Waals surface area contributed by atoms with Crippen LogP contribution in [-0.4, -0.2) is 17.6 Å². The van der Waals surface area contributed by atoms with Gasteiger partial charge in [0.05, 0.1) is 21.7 Å². The van der Waals surface area contributed by atoms with Gasteiger partial charge in [0.2, 0.25) is 5.91 Å². The molecule has 0 heterocycles. The van der Waals surface area contributed by atoms with Crippen LogP contribution in [0.25, 0.3) is 0 Å². The number of halogens is 1. The molecule has 2 aromatic rings. The number of fused-ring (bicyclic) bond motifs is 2. The van der Waals surface area contributed by atoms with Crippen LogP contribution >= 0.6 is 11.6 Å². The van der Waals surface area contributed by atoms with E-state index in [-0.39, 0.29) is 22.3 Å². The van der Waals surface area contributed by atoms with Crippen LogP contribution in [0.4, 0.5) is 5.69 Å². The third-order valence-corrected chi connectivity index (χ3v) is 8.14. The van der Waals surface area contributed by atoms with E-state index in [1.165, 1.54) is 0 Å². The van der Waals surface area contributed by atoms with Crippen molar-refractivity contribution < 1.29 is 14.4 Å². The summed E-state index contributed by atoms with van der Waals surface area (Å²) in [4.78, 5) is 31.3. The lowest BCUT2D eigenvalue weighted by Gasteiger charge is -2.39. The van der Waals surface area contributed by atoms with Gasteiger partial charge in [0.1, 0.15) is 0 Å². The smallest absolute Gasteiger partial charge is 0.326 e. The molecular formula is C25H27ClN2O3. The Balaban J connectivity index is 1.59. The van der Waals surface area contributed by atoms with Gasteiger partial charge in [-0.1, -0.05) is 67.4 Å². The second-order valence-corrected chi connectivity index (χ2v) is 9.84. The summed E-state index contributed by atoms with van der Waals surface area (Å²) < 4.78 is 0. The highest BCUT2D eigenvalue weighted by molar-refractivity contribution is 6.33. The van der Waals surface area contributed by atoms with Gasteiger partial charge in [-0.2, -0.15) is 0 Å². The Kier molecular flexibility index (Phi) is 5.21. The standard InChI is InChI=1S/C25H27ClN2O3/c1-16-9-11-17(12-10-16)27-22(30)25-14-13-24(4,23(25,2)3)20(15-25)28-31-21(29)18-7-5-6-8-19(18)26/h5-12H,13-15H2,1-4H3,(H,27,30)/b28-20+. The number of nitrogens with zero attached hydrogens (tertiary/aromatic N) is 1. The number of oxime groups is 1. The highest BCUT2D eigenvalue weighted by atomic mass is 35.5. The molecule has 0 aromatic heterocycles. The molecule has 1 amide bonds. The number of hydrogen-bond acceptors (Lipinski definition) is 4. The number of aryl methyl sites for hydroxylation is 1. The molecule has 2 saturated carbocycles. The number of benzene rings is 2. The van der Waals surface area contributed by atoms with Crippen LogP contribution in [0.15, 0.2) is 53.7 Å². The second-order valence-electron chi connectivity index (χ2n) is 9.43. The van der Waals surface area contributed by atoms with Gasteiger partial charge >= 0.3 is 5.97 Å². The fourth-order valence-electron chi connectivity index (χ4n) is 5.18. The molecule has 4 rings (SSSR count). The molecule has 6 heteroatoms. The van der Waals surface area contributed by atoms with Crippen molar-refractivity contribution in [2.24, 2.45) is 21.4 Å². The van der Waals surface area contributed by atoms with E-state index in [0.717, 1.165) is 29.8 Å². The molecule has 2 unspecified atom stereocenters. The Bertz CT molecular complexity index is 1080. The first kappa shape index (κ1) is 21.6. The van der Waals surface area contributed by atoms with Crippen molar-refractivity contribution in [3.63, 3.8) is 0 Å². The molecular weight excluding hydrogens is 412 g/mol. The van der Waals surface area contributed by atoms with E-state index >= 15 is 0 Å². The maximum Gasteiger partial charge on any atom is 0.367 e. The summed E-state index contributed by atoms with van der Waals surface area (Å²) in [6.45, 7) is 8.36. The summed E-state index contributed by atoms with van der Waals surface area (Å²) in [5.41, 5.74) is 1.66. The molecule has 2 fully saturated rings. The summed E-state index contributed by atoms with van der Waals surface area (Å²) in [5, 5.41) is 7.69. The molecule has 0 aliphatic heterocycles. The molecule has 0 radical (unpaired) electrons. The molecule has 31 heavy (non-hydrogen) atoms. The third-order valence-electron chi connectivity index (χ3n) is 7.81. The zero-order chi connectivity index (χ0) is 22.4. The van der Waals surface area contributed by atoms with Crippen LogP contribution in [0, 0.1) is 23.2 Å². The van der Waals surface area contributed by atoms with Gasteiger partial charge in [-0.15, -0.1) is 0 Å². The summed E-state index contributed by atoms with van der Waals surface area (Å²) in [7, 11) is 0. The van der Waals surface area contributed by atoms with Gasteiger partial charge < -0.3 is 10.2 Å². The van der Waals surface area contributed by atoms with Gasteiger partial charge in [-0.05, 0) is 49.4 Å². The van der Waals surface area contributed by atoms with Crippen LogP contribution in [0.2, 0.25) is 5.02 Å². The minimum absolute atomic E-state index is 0.00675. The number of hydrogen-bond donors (Lipinski definition) is 1. The van der Waals surface area contributed by atoms with Crippen LogP contribution in [0.3, 0.4) is 0 Å². The van der Waals surface area contributed by atoms with Gasteiger partial charge in [-0.3, -0.25) is 4.79 Å². The monoisotopic (exact) mass is 438 g/mol. The van der Waals surface area contributed by atoms with Crippen LogP contribution in [-0.2, 0) is 9.63 Å². The van der Waals surface area contributed by atoms with Crippen molar-refractivity contribution in [3.05, 3.63) is 64.7 Å². The second kappa shape index (κ2) is 7.49. The van der Waals surface area contributed by atoms with Crippen LogP contribution in [0.1, 0.15) is 56.0 Å². The average Bonchev–Trinajstić information content (AvgIpc) is 3.04. The van der Waals surface area contributed by atoms with Crippen molar-refractivity contribution in [1.29, 1.82) is 0 Å². The molecule has 2 bridgehead atoms. The Morgan fingerprint density at radius 3 is 2.39 bits per heavy atom. The molecule has 162 valence electrons. The molecule has 0 saturated heterocycles. The van der Waals surface area contributed by atoms with E-state index in [0.29, 0.717) is 11.4 Å². The Morgan fingerprint density at radius 1 is 1.03 bits per heavy atom. The Labute approximate surface area is 187 Å². The van der Waals surface area contributed by atoms with Crippen molar-refractivity contribution in [3.8, 4) is 0 Å². The lowest BCUT2D eigenvalue weighted by molar-refractivity contribution is -0.130. The van der Waals surface area contributed by atoms with Gasteiger partial charge in [0.25, 0.3) is 0 Å². The number of carbonyl (C=O) groups is 2. The number of amides is 1. The SMILES string of the molecule is Cc1ccc(NC(=O)C23CCC(C)(/C(=N/OC(=O)c4ccccc4Cl)C2)C3(C)C)cc1. The van der Waals surface area contributed by atoms with Crippen molar-refractivity contribution in [2.45, 2.75) is 47.0 Å². The van der Waals surface area contributed by atoms with E-state index in [2.05, 4.69) is 31.2 Å². The van der Waals surface area contributed by atoms with Gasteiger partial charge in [0.15, 0.2) is 0 Å². The molecule has 0 spiro atoms. The first-order valence-electron chi connectivity index (χ1n) is 10.5. The van der Waals surface area contributed by atoms with E-state index in [4.69, 9.17) is 16.4 Å². The Morgan fingerprint density at radius 2 is 1.71 bits per heavy atom. The fraction of sp³-hybridized carbons (Fsp3) is 0.400. The molecule has 2 aromatic carbocycles. The zero-order valence-corrected chi connectivity index (χ0v) is 19.0. The summed E-state index contributed by atoms with van der Waals surface area (Å²) in [5.74, 6) is -0.604. The quantitative estimate of drug-likeness (QED) is 0.469. The average molecular weight is 439 g/mol. The van der Waals surface area contributed by atoms with Crippen molar-refractivity contribution in [2.75, 3.05) is 5.32 Å². The molecule has 1 N–H and O–H groups in total. The zero-order valence-electron chi connectivity index (χ0n) is 18.3. The summed E-state index contributed by atoms with van der Waals surface area (Å²) in [6, 6.07) is 14.5. The maximum absolute atomic E-state index is 13.5. The minimum atomic E-state index is -0.609. The third kappa shape index (κ3) is 3.26. The molecule has 2 aliphatic carbocycles. The first-order valence-corrected chi connectivity index (χ1v) is 10.9. The largest absolute Gasteiger partial charge is 0.367 e. The van der Waals surface area contributed by atoms with E-state index in [1.54, 1.807) is 24.3 Å². The molecule has 2 aliphatic rings. The summed E-state index contributed by atoms with van der Waals surface area (Å²) >= 11 is 6.10. The highest BCUT2D eigenvalue weighted by Crippen LogP contribution is 2.71. The highest BCUT2D eigenvalue weighted by Gasteiger charge is 2.71. The maximum atomic E-state index is 13.5. The van der Waals surface area contributed by atoms with E-state index in [9.17, 15) is 9.59 Å². The number of rotatable bonds is 4. The normalized spacial score (nSPS) is 27.3. The number of nitrogens with one attached hydrogen (secondary N) is 1. The first-order chi connectivity index (χ1) is 14.6. The number of anilines is 1. The van der Waals surface area contributed by atoms with Crippen molar-refractivity contribution >= 4 is 34.9 Å². The fourth-order valence-corrected chi connectivity index (χ4v) is 5.40.